The molecule has 1 aliphatic heterocycles. The van der Waals surface area contributed by atoms with E-state index in [1.807, 2.05) is 98.8 Å². The molecule has 5 nitrogen and oxygen atoms in total. The topological polar surface area (TPSA) is 64.1 Å². The van der Waals surface area contributed by atoms with Gasteiger partial charge in [0.1, 0.15) is 5.60 Å². The minimum Gasteiger partial charge on any atom is -0.458 e. The van der Waals surface area contributed by atoms with E-state index in [9.17, 15) is 9.59 Å². The molecule has 5 heteroatoms. The number of H-pyrrole nitrogens is 1. The Morgan fingerprint density at radius 2 is 1.44 bits per heavy atom. The standard InChI is InChI=1S/C27H24N2O3/c1-27(2)24(20-11-7-4-8-12-20)23(25(30)32-27)19-13-15-21(16-14-19)29-17-22(28-26(29)31)18-9-5-3-6-10-18/h3-17,23-24H,1-2H3,(H,28,31)/t23?,24-/m1/s1. The summed E-state index contributed by atoms with van der Waals surface area (Å²) in [5, 5.41) is 0. The lowest BCUT2D eigenvalue weighted by molar-refractivity contribution is -0.147. The van der Waals surface area contributed by atoms with Crippen LogP contribution in [-0.4, -0.2) is 21.1 Å². The number of aromatic amines is 1. The molecule has 32 heavy (non-hydrogen) atoms. The maximum absolute atomic E-state index is 12.9. The molecule has 0 radical (unpaired) electrons. The number of imidazole rings is 1. The van der Waals surface area contributed by atoms with Gasteiger partial charge in [-0.15, -0.1) is 0 Å². The summed E-state index contributed by atoms with van der Waals surface area (Å²) in [5.41, 5.74) is 3.58. The molecule has 0 spiro atoms. The molecule has 1 unspecified atom stereocenters. The SMILES string of the molecule is CC1(C)OC(=O)C(c2ccc(-n3cc(-c4ccccc4)[nH]c3=O)cc2)[C@H]1c1ccccc1. The molecule has 1 aromatic heterocycles. The third-order valence-corrected chi connectivity index (χ3v) is 6.19. The number of rotatable bonds is 4. The molecule has 0 aliphatic carbocycles. The second kappa shape index (κ2) is 7.68. The van der Waals surface area contributed by atoms with Gasteiger partial charge < -0.3 is 9.72 Å². The maximum Gasteiger partial charge on any atom is 0.330 e. The molecule has 5 rings (SSSR count). The second-order valence-electron chi connectivity index (χ2n) is 8.69. The highest BCUT2D eigenvalue weighted by Gasteiger charge is 2.51. The first-order valence-electron chi connectivity index (χ1n) is 10.7. The van der Waals surface area contributed by atoms with Crippen molar-refractivity contribution in [2.45, 2.75) is 31.3 Å². The lowest BCUT2D eigenvalue weighted by Crippen LogP contribution is -2.27. The Morgan fingerprint density at radius 3 is 2.09 bits per heavy atom. The lowest BCUT2D eigenvalue weighted by Gasteiger charge is -2.27. The zero-order valence-electron chi connectivity index (χ0n) is 18.0. The van der Waals surface area contributed by atoms with Crippen molar-refractivity contribution in [3.8, 4) is 16.9 Å². The second-order valence-corrected chi connectivity index (χ2v) is 8.69. The van der Waals surface area contributed by atoms with Gasteiger partial charge in [-0.3, -0.25) is 9.36 Å². The number of carbonyl (C=O) groups is 1. The van der Waals surface area contributed by atoms with Crippen molar-refractivity contribution >= 4 is 5.97 Å². The number of esters is 1. The van der Waals surface area contributed by atoms with Crippen LogP contribution in [0.3, 0.4) is 0 Å². The van der Waals surface area contributed by atoms with Gasteiger partial charge in [-0.1, -0.05) is 72.8 Å². The molecule has 3 aromatic carbocycles. The average Bonchev–Trinajstić information content (AvgIpc) is 3.30. The summed E-state index contributed by atoms with van der Waals surface area (Å²) in [6.07, 6.45) is 1.80. The predicted molar refractivity (Wildman–Crippen MR) is 124 cm³/mol. The van der Waals surface area contributed by atoms with E-state index in [2.05, 4.69) is 4.98 Å². The van der Waals surface area contributed by atoms with Gasteiger partial charge in [0.25, 0.3) is 0 Å². The minimum absolute atomic E-state index is 0.0956. The lowest BCUT2D eigenvalue weighted by atomic mass is 9.75. The van der Waals surface area contributed by atoms with Gasteiger partial charge in [-0.25, -0.2) is 4.79 Å². The van der Waals surface area contributed by atoms with E-state index in [1.165, 1.54) is 0 Å². The molecule has 0 amide bonds. The number of ether oxygens (including phenoxy) is 1. The molecular weight excluding hydrogens is 400 g/mol. The van der Waals surface area contributed by atoms with E-state index >= 15 is 0 Å². The van der Waals surface area contributed by atoms with Crippen LogP contribution in [0.1, 0.15) is 36.8 Å². The average molecular weight is 425 g/mol. The maximum atomic E-state index is 12.9. The summed E-state index contributed by atoms with van der Waals surface area (Å²) < 4.78 is 7.35. The monoisotopic (exact) mass is 424 g/mol. The molecular formula is C27H24N2O3. The largest absolute Gasteiger partial charge is 0.458 e. The minimum atomic E-state index is -0.607. The Morgan fingerprint density at radius 1 is 0.812 bits per heavy atom. The molecule has 2 heterocycles. The van der Waals surface area contributed by atoms with Crippen LogP contribution in [0.15, 0.2) is 95.9 Å². The molecule has 0 bridgehead atoms. The Hall–Kier alpha value is -3.86. The molecule has 1 N–H and O–H groups in total. The van der Waals surface area contributed by atoms with Gasteiger partial charge >= 0.3 is 11.7 Å². The van der Waals surface area contributed by atoms with Crippen LogP contribution < -0.4 is 5.69 Å². The number of aromatic nitrogens is 2. The predicted octanol–water partition coefficient (Wildman–Crippen LogP) is 5.04. The van der Waals surface area contributed by atoms with Crippen LogP contribution in [-0.2, 0) is 9.53 Å². The normalized spacial score (nSPS) is 19.6. The first-order valence-corrected chi connectivity index (χ1v) is 10.7. The molecule has 1 aliphatic rings. The first kappa shape index (κ1) is 20.1. The number of hydrogen-bond donors (Lipinski definition) is 1. The van der Waals surface area contributed by atoms with Crippen LogP contribution in [0, 0.1) is 0 Å². The van der Waals surface area contributed by atoms with Crippen molar-refractivity contribution in [2.75, 3.05) is 0 Å². The summed E-state index contributed by atoms with van der Waals surface area (Å²) >= 11 is 0. The summed E-state index contributed by atoms with van der Waals surface area (Å²) in [6.45, 7) is 3.92. The Balaban J connectivity index is 1.49. The quantitative estimate of drug-likeness (QED) is 0.467. The summed E-state index contributed by atoms with van der Waals surface area (Å²) in [7, 11) is 0. The molecule has 160 valence electrons. The highest BCUT2D eigenvalue weighted by molar-refractivity contribution is 5.83. The van der Waals surface area contributed by atoms with Crippen molar-refractivity contribution < 1.29 is 9.53 Å². The van der Waals surface area contributed by atoms with Gasteiger partial charge in [0.15, 0.2) is 0 Å². The zero-order valence-corrected chi connectivity index (χ0v) is 18.0. The highest BCUT2D eigenvalue weighted by Crippen LogP contribution is 2.49. The highest BCUT2D eigenvalue weighted by atomic mass is 16.6. The third-order valence-electron chi connectivity index (χ3n) is 6.19. The van der Waals surface area contributed by atoms with Crippen molar-refractivity contribution in [3.63, 3.8) is 0 Å². The fourth-order valence-electron chi connectivity index (χ4n) is 4.70. The van der Waals surface area contributed by atoms with Crippen LogP contribution in [0.5, 0.6) is 0 Å². The van der Waals surface area contributed by atoms with E-state index < -0.39 is 11.5 Å². The van der Waals surface area contributed by atoms with Crippen molar-refractivity contribution in [1.29, 1.82) is 0 Å². The van der Waals surface area contributed by atoms with Crippen LogP contribution >= 0.6 is 0 Å². The van der Waals surface area contributed by atoms with E-state index in [-0.39, 0.29) is 17.6 Å². The summed E-state index contributed by atoms with van der Waals surface area (Å²) in [4.78, 5) is 28.3. The number of hydrogen-bond acceptors (Lipinski definition) is 3. The Bertz CT molecular complexity index is 1300. The van der Waals surface area contributed by atoms with Crippen molar-refractivity contribution in [2.24, 2.45) is 0 Å². The fraction of sp³-hybridized carbons (Fsp3) is 0.185. The van der Waals surface area contributed by atoms with E-state index in [0.717, 1.165) is 28.1 Å². The number of cyclic esters (lactones) is 1. The number of benzene rings is 3. The van der Waals surface area contributed by atoms with E-state index in [4.69, 9.17) is 4.74 Å². The van der Waals surface area contributed by atoms with Crippen molar-refractivity contribution in [3.05, 3.63) is 113 Å². The summed E-state index contributed by atoms with van der Waals surface area (Å²) in [5.74, 6) is -0.715. The molecule has 0 saturated carbocycles. The van der Waals surface area contributed by atoms with Gasteiger partial charge in [-0.2, -0.15) is 0 Å². The smallest absolute Gasteiger partial charge is 0.330 e. The summed E-state index contributed by atoms with van der Waals surface area (Å²) in [6, 6.07) is 27.3. The number of nitrogens with one attached hydrogen (secondary N) is 1. The van der Waals surface area contributed by atoms with Gasteiger partial charge in [0, 0.05) is 12.1 Å². The van der Waals surface area contributed by atoms with Gasteiger partial charge in [0.05, 0.1) is 17.3 Å². The number of nitrogens with zero attached hydrogens (tertiary/aromatic N) is 1. The first-order chi connectivity index (χ1) is 15.4. The molecule has 1 fully saturated rings. The third kappa shape index (κ3) is 3.46. The van der Waals surface area contributed by atoms with Crippen molar-refractivity contribution in [1.82, 2.24) is 9.55 Å². The Kier molecular flexibility index (Phi) is 4.82. The Labute approximate surface area is 186 Å². The molecule has 4 aromatic rings. The van der Waals surface area contributed by atoms with E-state index in [0.29, 0.717) is 0 Å². The van der Waals surface area contributed by atoms with Crippen LogP contribution in [0.25, 0.3) is 16.9 Å². The fourth-order valence-corrected chi connectivity index (χ4v) is 4.70. The van der Waals surface area contributed by atoms with Crippen LogP contribution in [0.2, 0.25) is 0 Å². The van der Waals surface area contributed by atoms with Gasteiger partial charge in [-0.05, 0) is 42.7 Å². The molecule has 1 saturated heterocycles. The van der Waals surface area contributed by atoms with E-state index in [1.54, 1.807) is 10.8 Å². The zero-order chi connectivity index (χ0) is 22.3. The number of carbonyl (C=O) groups excluding carboxylic acids is 1. The van der Waals surface area contributed by atoms with Gasteiger partial charge in [0.2, 0.25) is 0 Å². The van der Waals surface area contributed by atoms with Crippen LogP contribution in [0.4, 0.5) is 0 Å². The molecule has 2 atom stereocenters.